The van der Waals surface area contributed by atoms with Crippen LogP contribution >= 0.6 is 11.6 Å². The summed E-state index contributed by atoms with van der Waals surface area (Å²) in [6, 6.07) is 18.6. The van der Waals surface area contributed by atoms with E-state index >= 15 is 0 Å². The molecule has 0 fully saturated rings. The van der Waals surface area contributed by atoms with Crippen molar-refractivity contribution in [1.82, 2.24) is 4.98 Å². The number of hydrogen-bond acceptors (Lipinski definition) is 4. The summed E-state index contributed by atoms with van der Waals surface area (Å²) < 4.78 is 11.4. The van der Waals surface area contributed by atoms with Crippen molar-refractivity contribution in [2.75, 3.05) is 11.9 Å². The Morgan fingerprint density at radius 3 is 2.76 bits per heavy atom. The molecule has 3 aromatic carbocycles. The fraction of sp³-hybridized carbons (Fsp3) is 0.130. The molecule has 0 spiro atoms. The molecule has 0 radical (unpaired) electrons. The highest BCUT2D eigenvalue weighted by molar-refractivity contribution is 6.32. The number of rotatable bonds is 5. The second-order valence-electron chi connectivity index (χ2n) is 6.79. The number of hydrogen-bond donors (Lipinski definition) is 1. The zero-order chi connectivity index (χ0) is 20.4. The summed E-state index contributed by atoms with van der Waals surface area (Å²) >= 11 is 6.05. The quantitative estimate of drug-likeness (QED) is 0.456. The summed E-state index contributed by atoms with van der Waals surface area (Å²) in [5.41, 5.74) is 5.03. The van der Waals surface area contributed by atoms with Crippen molar-refractivity contribution in [2.24, 2.45) is 0 Å². The molecule has 0 unspecified atom stereocenters. The van der Waals surface area contributed by atoms with Crippen molar-refractivity contribution in [3.8, 4) is 17.2 Å². The fourth-order valence-electron chi connectivity index (χ4n) is 2.94. The van der Waals surface area contributed by atoms with Crippen LogP contribution in [0.4, 0.5) is 5.69 Å². The lowest BCUT2D eigenvalue weighted by Crippen LogP contribution is -2.20. The van der Waals surface area contributed by atoms with E-state index in [1.54, 1.807) is 24.3 Å². The Morgan fingerprint density at radius 2 is 1.93 bits per heavy atom. The van der Waals surface area contributed by atoms with E-state index in [0.29, 0.717) is 22.4 Å². The highest BCUT2D eigenvalue weighted by Crippen LogP contribution is 2.28. The van der Waals surface area contributed by atoms with Crippen molar-refractivity contribution in [3.63, 3.8) is 0 Å². The van der Waals surface area contributed by atoms with E-state index in [0.717, 1.165) is 27.8 Å². The molecule has 4 rings (SSSR count). The third-order valence-electron chi connectivity index (χ3n) is 4.50. The minimum atomic E-state index is -0.279. The van der Waals surface area contributed by atoms with Crippen molar-refractivity contribution >= 4 is 34.3 Å². The molecular weight excluding hydrogens is 388 g/mol. The van der Waals surface area contributed by atoms with Gasteiger partial charge in [0.2, 0.25) is 5.89 Å². The number of fused-ring (bicyclic) bond motifs is 1. The first-order valence-corrected chi connectivity index (χ1v) is 9.53. The average molecular weight is 407 g/mol. The smallest absolute Gasteiger partial charge is 0.262 e. The van der Waals surface area contributed by atoms with Crippen molar-refractivity contribution in [3.05, 3.63) is 76.8 Å². The van der Waals surface area contributed by atoms with Crippen LogP contribution in [0.25, 0.3) is 22.6 Å². The summed E-state index contributed by atoms with van der Waals surface area (Å²) in [5.74, 6) is 0.698. The first-order chi connectivity index (χ1) is 14.0. The topological polar surface area (TPSA) is 64.4 Å². The van der Waals surface area contributed by atoms with Crippen LogP contribution in [0.3, 0.4) is 0 Å². The van der Waals surface area contributed by atoms with Gasteiger partial charge in [0.1, 0.15) is 11.3 Å². The molecule has 5 nitrogen and oxygen atoms in total. The predicted octanol–water partition coefficient (Wildman–Crippen LogP) is 5.78. The van der Waals surface area contributed by atoms with Gasteiger partial charge >= 0.3 is 0 Å². The summed E-state index contributed by atoms with van der Waals surface area (Å²) in [7, 11) is 0. The van der Waals surface area contributed by atoms with Crippen molar-refractivity contribution in [1.29, 1.82) is 0 Å². The van der Waals surface area contributed by atoms with Gasteiger partial charge in [-0.15, -0.1) is 0 Å². The molecule has 0 atom stereocenters. The molecule has 0 saturated carbocycles. The lowest BCUT2D eigenvalue weighted by molar-refractivity contribution is -0.118. The Bertz CT molecular complexity index is 1200. The molecule has 0 aliphatic rings. The highest BCUT2D eigenvalue weighted by atomic mass is 35.5. The third kappa shape index (κ3) is 4.25. The number of aromatic nitrogens is 1. The first-order valence-electron chi connectivity index (χ1n) is 9.15. The minimum absolute atomic E-state index is 0.143. The molecule has 29 heavy (non-hydrogen) atoms. The van der Waals surface area contributed by atoms with Gasteiger partial charge in [0.05, 0.1) is 5.02 Å². The van der Waals surface area contributed by atoms with Gasteiger partial charge in [0.15, 0.2) is 12.2 Å². The Kier molecular flexibility index (Phi) is 5.23. The van der Waals surface area contributed by atoms with E-state index in [4.69, 9.17) is 20.8 Å². The largest absolute Gasteiger partial charge is 0.482 e. The normalized spacial score (nSPS) is 10.9. The zero-order valence-corrected chi connectivity index (χ0v) is 16.8. The molecule has 0 saturated heterocycles. The molecule has 4 aromatic rings. The molecule has 1 amide bonds. The maximum absolute atomic E-state index is 12.4. The van der Waals surface area contributed by atoms with Gasteiger partial charge in [-0.2, -0.15) is 0 Å². The number of nitrogens with one attached hydrogen (secondary N) is 1. The molecular formula is C23H19ClN2O3. The van der Waals surface area contributed by atoms with Gasteiger partial charge in [0.25, 0.3) is 5.91 Å². The van der Waals surface area contributed by atoms with E-state index in [-0.39, 0.29) is 12.5 Å². The fourth-order valence-corrected chi connectivity index (χ4v) is 3.13. The number of ether oxygens (including phenoxy) is 1. The van der Waals surface area contributed by atoms with Crippen LogP contribution in [-0.2, 0) is 4.79 Å². The number of carbonyl (C=O) groups excluding carboxylic acids is 1. The van der Waals surface area contributed by atoms with Gasteiger partial charge in [0, 0.05) is 11.3 Å². The number of carbonyl (C=O) groups is 1. The van der Waals surface area contributed by atoms with Gasteiger partial charge in [-0.3, -0.25) is 4.79 Å². The van der Waals surface area contributed by atoms with E-state index in [1.165, 1.54) is 0 Å². The van der Waals surface area contributed by atoms with Crippen LogP contribution in [0.5, 0.6) is 5.75 Å². The summed E-state index contributed by atoms with van der Waals surface area (Å²) in [4.78, 5) is 16.9. The van der Waals surface area contributed by atoms with Gasteiger partial charge in [-0.1, -0.05) is 35.9 Å². The van der Waals surface area contributed by atoms with E-state index < -0.39 is 0 Å². The van der Waals surface area contributed by atoms with Gasteiger partial charge < -0.3 is 14.5 Å². The van der Waals surface area contributed by atoms with Crippen LogP contribution < -0.4 is 10.1 Å². The standard InChI is InChI=1S/C23H19ClN2O3/c1-14-7-10-21-19(11-14)26-23(29-21)16-9-8-15(2)18(12-16)25-22(27)13-28-20-6-4-3-5-17(20)24/h3-12H,13H2,1-2H3,(H,25,27). The van der Waals surface area contributed by atoms with E-state index in [9.17, 15) is 4.79 Å². The van der Waals surface area contributed by atoms with Crippen LogP contribution in [-0.4, -0.2) is 17.5 Å². The maximum Gasteiger partial charge on any atom is 0.262 e. The van der Waals surface area contributed by atoms with Crippen molar-refractivity contribution < 1.29 is 13.9 Å². The number of benzene rings is 3. The maximum atomic E-state index is 12.4. The molecule has 6 heteroatoms. The van der Waals surface area contributed by atoms with Crippen LogP contribution in [0.2, 0.25) is 5.02 Å². The zero-order valence-electron chi connectivity index (χ0n) is 16.0. The Hall–Kier alpha value is -3.31. The molecule has 0 aliphatic carbocycles. The predicted molar refractivity (Wildman–Crippen MR) is 114 cm³/mol. The molecule has 0 bridgehead atoms. The highest BCUT2D eigenvalue weighted by Gasteiger charge is 2.12. The summed E-state index contributed by atoms with van der Waals surface area (Å²) in [6.45, 7) is 3.79. The Labute approximate surface area is 173 Å². The lowest BCUT2D eigenvalue weighted by Gasteiger charge is -2.11. The van der Waals surface area contributed by atoms with E-state index in [2.05, 4.69) is 10.3 Å². The molecule has 1 N–H and O–H groups in total. The number of para-hydroxylation sites is 1. The second kappa shape index (κ2) is 7.97. The summed E-state index contributed by atoms with van der Waals surface area (Å²) in [6.07, 6.45) is 0. The number of anilines is 1. The number of halogens is 1. The Morgan fingerprint density at radius 1 is 1.10 bits per heavy atom. The average Bonchev–Trinajstić information content (AvgIpc) is 3.12. The number of oxazole rings is 1. The number of nitrogens with zero attached hydrogens (tertiary/aromatic N) is 1. The van der Waals surface area contributed by atoms with Crippen LogP contribution in [0, 0.1) is 13.8 Å². The van der Waals surface area contributed by atoms with Gasteiger partial charge in [-0.25, -0.2) is 4.98 Å². The number of aryl methyl sites for hydroxylation is 2. The first kappa shape index (κ1) is 19.0. The molecule has 146 valence electrons. The minimum Gasteiger partial charge on any atom is -0.482 e. The molecule has 1 heterocycles. The summed E-state index contributed by atoms with van der Waals surface area (Å²) in [5, 5.41) is 3.34. The van der Waals surface area contributed by atoms with Crippen LogP contribution in [0.15, 0.2) is 65.1 Å². The third-order valence-corrected chi connectivity index (χ3v) is 4.81. The second-order valence-corrected chi connectivity index (χ2v) is 7.19. The monoisotopic (exact) mass is 406 g/mol. The van der Waals surface area contributed by atoms with E-state index in [1.807, 2.05) is 50.2 Å². The molecule has 1 aromatic heterocycles. The SMILES string of the molecule is Cc1ccc2oc(-c3ccc(C)c(NC(=O)COc4ccccc4Cl)c3)nc2c1. The number of amides is 1. The Balaban J connectivity index is 1.51. The molecule has 0 aliphatic heterocycles. The van der Waals surface area contributed by atoms with Crippen LogP contribution in [0.1, 0.15) is 11.1 Å². The van der Waals surface area contributed by atoms with Crippen molar-refractivity contribution in [2.45, 2.75) is 13.8 Å². The van der Waals surface area contributed by atoms with Gasteiger partial charge in [-0.05, 0) is 61.4 Å². The lowest BCUT2D eigenvalue weighted by atomic mass is 10.1.